The lowest BCUT2D eigenvalue weighted by atomic mass is 10.1. The summed E-state index contributed by atoms with van der Waals surface area (Å²) in [6, 6.07) is 14.5. The van der Waals surface area contributed by atoms with Crippen LogP contribution in [0.3, 0.4) is 0 Å². The average Bonchev–Trinajstić information content (AvgIpc) is 2.60. The van der Waals surface area contributed by atoms with Gasteiger partial charge in [0.2, 0.25) is 0 Å². The highest BCUT2D eigenvalue weighted by Crippen LogP contribution is 2.26. The number of para-hydroxylation sites is 1. The maximum atomic E-state index is 13.7. The molecule has 0 aliphatic heterocycles. The van der Waals surface area contributed by atoms with Crippen LogP contribution in [0.1, 0.15) is 21.6 Å². The van der Waals surface area contributed by atoms with Crippen molar-refractivity contribution in [1.82, 2.24) is 4.98 Å². The van der Waals surface area contributed by atoms with E-state index in [2.05, 4.69) is 10.3 Å². The molecule has 1 aromatic heterocycles. The second-order valence-electron chi connectivity index (χ2n) is 5.84. The van der Waals surface area contributed by atoms with Crippen LogP contribution >= 0.6 is 0 Å². The molecule has 0 bridgehead atoms. The molecule has 0 atom stereocenters. The highest BCUT2D eigenvalue weighted by molar-refractivity contribution is 6.07. The fourth-order valence-corrected chi connectivity index (χ4v) is 2.40. The number of anilines is 2. The summed E-state index contributed by atoms with van der Waals surface area (Å²) < 4.78 is 19.2. The lowest BCUT2D eigenvalue weighted by Gasteiger charge is -2.11. The van der Waals surface area contributed by atoms with Crippen LogP contribution in [0.25, 0.3) is 0 Å². The number of pyridine rings is 1. The van der Waals surface area contributed by atoms with Crippen LogP contribution in [0.15, 0.2) is 54.6 Å². The van der Waals surface area contributed by atoms with E-state index in [-0.39, 0.29) is 17.5 Å². The zero-order valence-electron chi connectivity index (χ0n) is 14.4. The van der Waals surface area contributed by atoms with E-state index >= 15 is 0 Å². The number of halogens is 1. The van der Waals surface area contributed by atoms with Gasteiger partial charge in [0.25, 0.3) is 5.91 Å². The highest BCUT2D eigenvalue weighted by atomic mass is 19.1. The van der Waals surface area contributed by atoms with Crippen LogP contribution in [0.4, 0.5) is 15.9 Å². The summed E-state index contributed by atoms with van der Waals surface area (Å²) in [7, 11) is 0. The number of ether oxygens (including phenoxy) is 1. The largest absolute Gasteiger partial charge is 0.454 e. The number of amides is 1. The Morgan fingerprint density at radius 3 is 2.65 bits per heavy atom. The summed E-state index contributed by atoms with van der Waals surface area (Å²) in [5.74, 6) is -0.154. The van der Waals surface area contributed by atoms with Crippen molar-refractivity contribution in [2.45, 2.75) is 13.8 Å². The molecule has 0 saturated carbocycles. The van der Waals surface area contributed by atoms with E-state index < -0.39 is 5.82 Å². The van der Waals surface area contributed by atoms with Gasteiger partial charge in [-0.25, -0.2) is 9.37 Å². The molecule has 6 heteroatoms. The number of aryl methyl sites for hydroxylation is 2. The van der Waals surface area contributed by atoms with Gasteiger partial charge in [-0.15, -0.1) is 0 Å². The van der Waals surface area contributed by atoms with E-state index in [1.807, 2.05) is 13.8 Å². The van der Waals surface area contributed by atoms with E-state index in [4.69, 9.17) is 10.5 Å². The molecule has 0 aliphatic rings. The Morgan fingerprint density at radius 2 is 1.88 bits per heavy atom. The molecule has 3 rings (SSSR count). The SMILES string of the molecule is Cc1cc(C(=O)Nc2cccc(Oc3ccccc3F)c2)c(N)nc1C. The first-order valence-electron chi connectivity index (χ1n) is 8.01. The maximum Gasteiger partial charge on any atom is 0.259 e. The minimum atomic E-state index is -0.462. The Kier molecular flexibility index (Phi) is 4.84. The first kappa shape index (κ1) is 17.4. The Balaban J connectivity index is 1.80. The molecule has 0 saturated heterocycles. The number of hydrogen-bond donors (Lipinski definition) is 2. The summed E-state index contributed by atoms with van der Waals surface area (Å²) in [6.07, 6.45) is 0. The van der Waals surface area contributed by atoms with Gasteiger partial charge in [-0.1, -0.05) is 18.2 Å². The van der Waals surface area contributed by atoms with E-state index in [9.17, 15) is 9.18 Å². The van der Waals surface area contributed by atoms with Crippen molar-refractivity contribution in [1.29, 1.82) is 0 Å². The summed E-state index contributed by atoms with van der Waals surface area (Å²) in [5.41, 5.74) is 8.31. The van der Waals surface area contributed by atoms with Gasteiger partial charge in [0.15, 0.2) is 11.6 Å². The van der Waals surface area contributed by atoms with Crippen LogP contribution in [-0.2, 0) is 0 Å². The summed E-state index contributed by atoms with van der Waals surface area (Å²) in [6.45, 7) is 3.69. The predicted molar refractivity (Wildman–Crippen MR) is 99.0 cm³/mol. The van der Waals surface area contributed by atoms with E-state index in [1.54, 1.807) is 42.5 Å². The van der Waals surface area contributed by atoms with Gasteiger partial charge < -0.3 is 15.8 Å². The monoisotopic (exact) mass is 351 g/mol. The van der Waals surface area contributed by atoms with E-state index in [0.29, 0.717) is 17.0 Å². The van der Waals surface area contributed by atoms with Crippen molar-refractivity contribution in [2.24, 2.45) is 0 Å². The molecule has 5 nitrogen and oxygen atoms in total. The van der Waals surface area contributed by atoms with Gasteiger partial charge in [-0.2, -0.15) is 0 Å². The van der Waals surface area contributed by atoms with Crippen LogP contribution in [0.5, 0.6) is 11.5 Å². The molecule has 2 aromatic carbocycles. The Bertz CT molecular complexity index is 973. The van der Waals surface area contributed by atoms with Crippen molar-refractivity contribution >= 4 is 17.4 Å². The van der Waals surface area contributed by atoms with Gasteiger partial charge in [0, 0.05) is 17.4 Å². The fourth-order valence-electron chi connectivity index (χ4n) is 2.40. The van der Waals surface area contributed by atoms with Crippen molar-refractivity contribution in [2.75, 3.05) is 11.1 Å². The number of nitrogens with zero attached hydrogens (tertiary/aromatic N) is 1. The standard InChI is InChI=1S/C20H18FN3O2/c1-12-10-16(19(22)23-13(12)2)20(25)24-14-6-5-7-15(11-14)26-18-9-4-3-8-17(18)21/h3-11H,1-2H3,(H2,22,23)(H,24,25). The number of benzene rings is 2. The zero-order chi connectivity index (χ0) is 18.7. The number of rotatable bonds is 4. The molecular formula is C20H18FN3O2. The van der Waals surface area contributed by atoms with Crippen molar-refractivity contribution in [3.63, 3.8) is 0 Å². The molecule has 3 aromatic rings. The molecule has 0 unspecified atom stereocenters. The highest BCUT2D eigenvalue weighted by Gasteiger charge is 2.13. The minimum absolute atomic E-state index is 0.110. The Morgan fingerprint density at radius 1 is 1.12 bits per heavy atom. The number of aromatic nitrogens is 1. The van der Waals surface area contributed by atoms with Gasteiger partial charge in [-0.05, 0) is 49.7 Å². The quantitative estimate of drug-likeness (QED) is 0.727. The van der Waals surface area contributed by atoms with Crippen molar-refractivity contribution < 1.29 is 13.9 Å². The molecule has 1 amide bonds. The van der Waals surface area contributed by atoms with Crippen molar-refractivity contribution in [3.8, 4) is 11.5 Å². The minimum Gasteiger partial charge on any atom is -0.454 e. The Hall–Kier alpha value is -3.41. The molecule has 1 heterocycles. The number of hydrogen-bond acceptors (Lipinski definition) is 4. The van der Waals surface area contributed by atoms with E-state index in [1.165, 1.54) is 12.1 Å². The smallest absolute Gasteiger partial charge is 0.259 e. The lowest BCUT2D eigenvalue weighted by Crippen LogP contribution is -2.15. The van der Waals surface area contributed by atoms with Gasteiger partial charge in [0.05, 0.1) is 5.56 Å². The number of nitrogen functional groups attached to an aromatic ring is 1. The normalized spacial score (nSPS) is 10.4. The zero-order valence-corrected chi connectivity index (χ0v) is 14.4. The summed E-state index contributed by atoms with van der Waals surface area (Å²) >= 11 is 0. The Labute approximate surface area is 150 Å². The topological polar surface area (TPSA) is 77.2 Å². The van der Waals surface area contributed by atoms with Gasteiger partial charge in [0.1, 0.15) is 11.6 Å². The first-order chi connectivity index (χ1) is 12.4. The summed E-state index contributed by atoms with van der Waals surface area (Å²) in [4.78, 5) is 16.7. The van der Waals surface area contributed by atoms with Crippen LogP contribution in [-0.4, -0.2) is 10.9 Å². The van der Waals surface area contributed by atoms with E-state index in [0.717, 1.165) is 11.3 Å². The molecule has 26 heavy (non-hydrogen) atoms. The lowest BCUT2D eigenvalue weighted by molar-refractivity contribution is 0.102. The number of carbonyl (C=O) groups is 1. The van der Waals surface area contributed by atoms with Gasteiger partial charge in [-0.3, -0.25) is 4.79 Å². The third kappa shape index (κ3) is 3.80. The second-order valence-corrected chi connectivity index (χ2v) is 5.84. The molecule has 0 fully saturated rings. The van der Waals surface area contributed by atoms with Crippen molar-refractivity contribution in [3.05, 3.63) is 77.2 Å². The number of nitrogens with two attached hydrogens (primary N) is 1. The van der Waals surface area contributed by atoms with Crippen LogP contribution < -0.4 is 15.8 Å². The summed E-state index contributed by atoms with van der Waals surface area (Å²) in [5, 5.41) is 2.75. The predicted octanol–water partition coefficient (Wildman–Crippen LogP) is 4.46. The first-order valence-corrected chi connectivity index (χ1v) is 8.01. The average molecular weight is 351 g/mol. The van der Waals surface area contributed by atoms with Crippen LogP contribution in [0, 0.1) is 19.7 Å². The third-order valence-corrected chi connectivity index (χ3v) is 3.90. The van der Waals surface area contributed by atoms with Gasteiger partial charge >= 0.3 is 0 Å². The molecule has 0 spiro atoms. The van der Waals surface area contributed by atoms with Crippen LogP contribution in [0.2, 0.25) is 0 Å². The molecule has 0 radical (unpaired) electrons. The number of carbonyl (C=O) groups excluding carboxylic acids is 1. The second kappa shape index (κ2) is 7.23. The molecule has 132 valence electrons. The molecule has 0 aliphatic carbocycles. The number of nitrogens with one attached hydrogen (secondary N) is 1. The fraction of sp³-hybridized carbons (Fsp3) is 0.100. The third-order valence-electron chi connectivity index (χ3n) is 3.90. The molecule has 3 N–H and O–H groups in total. The maximum absolute atomic E-state index is 13.7. The molecular weight excluding hydrogens is 333 g/mol.